The molecular weight excluding hydrogens is 316 g/mol. The van der Waals surface area contributed by atoms with Gasteiger partial charge in [-0.15, -0.1) is 0 Å². The highest BCUT2D eigenvalue weighted by molar-refractivity contribution is 7.78. The van der Waals surface area contributed by atoms with Crippen LogP contribution in [0.2, 0.25) is 0 Å². The quantitative estimate of drug-likeness (QED) is 0.479. The lowest BCUT2D eigenvalue weighted by atomic mass is 10.1. The molecule has 2 rings (SSSR count). The highest BCUT2D eigenvalue weighted by atomic mass is 32.1. The van der Waals surface area contributed by atoms with Gasteiger partial charge in [0.25, 0.3) is 0 Å². The Balaban J connectivity index is 2.69. The Labute approximate surface area is 138 Å². The maximum Gasteiger partial charge on any atom is 0.357 e. The van der Waals surface area contributed by atoms with Gasteiger partial charge in [0.05, 0.1) is 19.4 Å². The van der Waals surface area contributed by atoms with Gasteiger partial charge in [0, 0.05) is 11.8 Å². The third-order valence-corrected chi connectivity index (χ3v) is 3.29. The van der Waals surface area contributed by atoms with Crippen molar-refractivity contribution in [1.29, 1.82) is 0 Å². The maximum absolute atomic E-state index is 12.1. The van der Waals surface area contributed by atoms with Crippen molar-refractivity contribution in [2.24, 2.45) is 4.99 Å². The molecule has 2 aromatic rings. The number of hydrogen-bond acceptors (Lipinski definition) is 6. The predicted octanol–water partition coefficient (Wildman–Crippen LogP) is 2.85. The first-order valence-electron chi connectivity index (χ1n) is 6.64. The van der Waals surface area contributed by atoms with E-state index in [9.17, 15) is 9.59 Å². The molecular formula is C16H14N2O4S. The van der Waals surface area contributed by atoms with E-state index in [1.807, 2.05) is 30.3 Å². The molecule has 0 saturated carbocycles. The highest BCUT2D eigenvalue weighted by Gasteiger charge is 2.24. The lowest BCUT2D eigenvalue weighted by Crippen LogP contribution is -2.16. The van der Waals surface area contributed by atoms with E-state index >= 15 is 0 Å². The molecule has 23 heavy (non-hydrogen) atoms. The number of esters is 2. The minimum Gasteiger partial charge on any atom is -0.468 e. The summed E-state index contributed by atoms with van der Waals surface area (Å²) in [5.41, 5.74) is 1.90. The molecule has 6 nitrogen and oxygen atoms in total. The number of isothiocyanates is 1. The molecule has 0 radical (unpaired) electrons. The Morgan fingerprint density at radius 3 is 2.48 bits per heavy atom. The van der Waals surface area contributed by atoms with E-state index in [4.69, 9.17) is 4.74 Å². The van der Waals surface area contributed by atoms with Gasteiger partial charge in [-0.2, -0.15) is 4.99 Å². The van der Waals surface area contributed by atoms with Gasteiger partial charge in [-0.25, -0.2) is 4.79 Å². The number of aliphatic imine (C=N–C) groups is 1. The minimum atomic E-state index is -0.625. The molecule has 0 unspecified atom stereocenters. The second-order valence-corrected chi connectivity index (χ2v) is 4.69. The summed E-state index contributed by atoms with van der Waals surface area (Å²) in [7, 11) is 2.53. The normalized spacial score (nSPS) is 9.83. The molecule has 7 heteroatoms. The van der Waals surface area contributed by atoms with Crippen molar-refractivity contribution in [1.82, 2.24) is 4.57 Å². The van der Waals surface area contributed by atoms with E-state index in [0.717, 1.165) is 5.56 Å². The molecule has 0 N–H and O–H groups in total. The Hall–Kier alpha value is -2.76. The Bertz CT molecular complexity index is 777. The van der Waals surface area contributed by atoms with Gasteiger partial charge < -0.3 is 14.0 Å². The van der Waals surface area contributed by atoms with Gasteiger partial charge in [-0.05, 0) is 17.8 Å². The van der Waals surface area contributed by atoms with Crippen molar-refractivity contribution in [2.75, 3.05) is 14.2 Å². The van der Waals surface area contributed by atoms with E-state index in [1.165, 1.54) is 18.8 Å². The van der Waals surface area contributed by atoms with Crippen molar-refractivity contribution in [3.63, 3.8) is 0 Å². The zero-order valence-electron chi connectivity index (χ0n) is 12.6. The second kappa shape index (κ2) is 7.49. The summed E-state index contributed by atoms with van der Waals surface area (Å²) in [6.07, 6.45) is 1.64. The fourth-order valence-electron chi connectivity index (χ4n) is 2.17. The first kappa shape index (κ1) is 16.6. The van der Waals surface area contributed by atoms with Crippen molar-refractivity contribution in [3.05, 3.63) is 42.2 Å². The number of carbonyl (C=O) groups excluding carboxylic acids is 2. The fourth-order valence-corrected chi connectivity index (χ4v) is 2.26. The Morgan fingerprint density at radius 1 is 1.22 bits per heavy atom. The maximum atomic E-state index is 12.1. The lowest BCUT2D eigenvalue weighted by molar-refractivity contribution is -0.141. The monoisotopic (exact) mass is 330 g/mol. The predicted molar refractivity (Wildman–Crippen MR) is 87.9 cm³/mol. The van der Waals surface area contributed by atoms with Crippen LogP contribution in [-0.4, -0.2) is 35.9 Å². The molecule has 0 aliphatic heterocycles. The molecule has 0 amide bonds. The summed E-state index contributed by atoms with van der Waals surface area (Å²) >= 11 is 4.68. The number of thiocarbonyl (C=S) groups is 1. The van der Waals surface area contributed by atoms with E-state index in [1.54, 1.807) is 6.20 Å². The highest BCUT2D eigenvalue weighted by Crippen LogP contribution is 2.35. The van der Waals surface area contributed by atoms with Crippen LogP contribution in [0.1, 0.15) is 10.5 Å². The molecule has 0 aliphatic rings. The molecule has 0 spiro atoms. The first-order valence-corrected chi connectivity index (χ1v) is 7.04. The second-order valence-electron chi connectivity index (χ2n) is 4.50. The average Bonchev–Trinajstić information content (AvgIpc) is 2.93. The molecule has 118 valence electrons. The van der Waals surface area contributed by atoms with Crippen LogP contribution in [0.3, 0.4) is 0 Å². The molecule has 1 aromatic heterocycles. The van der Waals surface area contributed by atoms with Crippen LogP contribution in [0.25, 0.3) is 11.1 Å². The van der Waals surface area contributed by atoms with E-state index in [0.29, 0.717) is 11.3 Å². The van der Waals surface area contributed by atoms with Crippen LogP contribution < -0.4 is 0 Å². The van der Waals surface area contributed by atoms with Crippen LogP contribution in [0, 0.1) is 0 Å². The van der Waals surface area contributed by atoms with Crippen molar-refractivity contribution >= 4 is 35.0 Å². The molecule has 1 aromatic carbocycles. The lowest BCUT2D eigenvalue weighted by Gasteiger charge is -2.06. The van der Waals surface area contributed by atoms with Gasteiger partial charge in [0.1, 0.15) is 12.2 Å². The summed E-state index contributed by atoms with van der Waals surface area (Å²) in [6.45, 7) is -0.145. The summed E-state index contributed by atoms with van der Waals surface area (Å²) in [4.78, 5) is 27.7. The summed E-state index contributed by atoms with van der Waals surface area (Å²) in [5, 5.41) is 2.27. The number of benzene rings is 1. The van der Waals surface area contributed by atoms with E-state index in [2.05, 4.69) is 27.1 Å². The van der Waals surface area contributed by atoms with Crippen molar-refractivity contribution in [3.8, 4) is 11.1 Å². The van der Waals surface area contributed by atoms with Gasteiger partial charge >= 0.3 is 11.9 Å². The van der Waals surface area contributed by atoms with Crippen molar-refractivity contribution in [2.45, 2.75) is 6.54 Å². The van der Waals surface area contributed by atoms with Gasteiger partial charge in [0.15, 0.2) is 5.69 Å². The molecule has 0 saturated heterocycles. The molecule has 0 fully saturated rings. The smallest absolute Gasteiger partial charge is 0.357 e. The first-order chi connectivity index (χ1) is 11.1. The third kappa shape index (κ3) is 3.53. The topological polar surface area (TPSA) is 69.9 Å². The number of hydrogen-bond donors (Lipinski definition) is 0. The summed E-state index contributed by atoms with van der Waals surface area (Å²) in [5.74, 6) is -1.12. The zero-order valence-corrected chi connectivity index (χ0v) is 13.4. The van der Waals surface area contributed by atoms with Crippen LogP contribution in [0.4, 0.5) is 5.69 Å². The van der Waals surface area contributed by atoms with Crippen LogP contribution in [0.5, 0.6) is 0 Å². The van der Waals surface area contributed by atoms with Crippen LogP contribution in [-0.2, 0) is 20.8 Å². The Kier molecular flexibility index (Phi) is 5.41. The number of aromatic nitrogens is 1. The van der Waals surface area contributed by atoms with Gasteiger partial charge in [0.2, 0.25) is 0 Å². The van der Waals surface area contributed by atoms with Gasteiger partial charge in [-0.1, -0.05) is 30.3 Å². The minimum absolute atomic E-state index is 0.120. The Morgan fingerprint density at radius 2 is 1.91 bits per heavy atom. The fraction of sp³-hybridized carbons (Fsp3) is 0.188. The number of nitrogens with zero attached hydrogens (tertiary/aromatic N) is 2. The van der Waals surface area contributed by atoms with E-state index in [-0.39, 0.29) is 12.2 Å². The van der Waals surface area contributed by atoms with Crippen LogP contribution >= 0.6 is 12.2 Å². The number of methoxy groups -OCH3 is 2. The average molecular weight is 330 g/mol. The summed E-state index contributed by atoms with van der Waals surface area (Å²) in [6, 6.07) is 9.31. The number of carbonyl (C=O) groups is 2. The van der Waals surface area contributed by atoms with E-state index < -0.39 is 11.9 Å². The molecule has 0 atom stereocenters. The number of ether oxygens (including phenoxy) is 2. The van der Waals surface area contributed by atoms with Crippen LogP contribution in [0.15, 0.2) is 41.5 Å². The van der Waals surface area contributed by atoms with Crippen molar-refractivity contribution < 1.29 is 19.1 Å². The standard InChI is InChI=1S/C16H14N2O4S/c1-21-13(19)9-18-8-12(11-6-4-3-5-7-11)14(17-10-23)15(18)16(20)22-2/h3-8H,9H2,1-2H3. The molecule has 0 bridgehead atoms. The molecule has 0 aliphatic carbocycles. The SMILES string of the molecule is COC(=O)Cn1cc(-c2ccccc2)c(N=C=S)c1C(=O)OC. The third-order valence-electron chi connectivity index (χ3n) is 3.20. The molecule has 1 heterocycles. The zero-order chi connectivity index (χ0) is 16.8. The largest absolute Gasteiger partial charge is 0.468 e. The number of rotatable bonds is 5. The summed E-state index contributed by atoms with van der Waals surface area (Å²) < 4.78 is 10.9. The van der Waals surface area contributed by atoms with Gasteiger partial charge in [-0.3, -0.25) is 4.79 Å².